The Labute approximate surface area is 105 Å². The van der Waals surface area contributed by atoms with Gasteiger partial charge >= 0.3 is 5.97 Å². The van der Waals surface area contributed by atoms with E-state index in [1.54, 1.807) is 0 Å². The van der Waals surface area contributed by atoms with Crippen molar-refractivity contribution in [1.29, 1.82) is 5.26 Å². The number of hydrogen-bond acceptors (Lipinski definition) is 4. The summed E-state index contributed by atoms with van der Waals surface area (Å²) in [4.78, 5) is 13.1. The predicted octanol–water partition coefficient (Wildman–Crippen LogP) is 2.20. The second-order valence-corrected chi connectivity index (χ2v) is 5.08. The van der Waals surface area contributed by atoms with Gasteiger partial charge in [-0.2, -0.15) is 5.26 Å². The van der Waals surface area contributed by atoms with Crippen molar-refractivity contribution in [2.45, 2.75) is 39.5 Å². The maximum Gasteiger partial charge on any atom is 0.305 e. The molecule has 0 rings (SSSR count). The molecular formula is C13H24N2O2. The van der Waals surface area contributed by atoms with Gasteiger partial charge < -0.3 is 9.64 Å². The zero-order chi connectivity index (χ0) is 13.3. The van der Waals surface area contributed by atoms with Crippen LogP contribution in [-0.2, 0) is 9.53 Å². The maximum absolute atomic E-state index is 10.9. The van der Waals surface area contributed by atoms with Crippen LogP contribution in [0.3, 0.4) is 0 Å². The SMILES string of the molecule is COC(=O)CCCN(C)CCCC(C)(C)C#N. The molecule has 0 radical (unpaired) electrons. The van der Waals surface area contributed by atoms with Crippen LogP contribution in [0.1, 0.15) is 39.5 Å². The van der Waals surface area contributed by atoms with Crippen molar-refractivity contribution in [3.8, 4) is 6.07 Å². The van der Waals surface area contributed by atoms with Crippen molar-refractivity contribution in [2.75, 3.05) is 27.2 Å². The van der Waals surface area contributed by atoms with E-state index in [9.17, 15) is 4.79 Å². The van der Waals surface area contributed by atoms with Gasteiger partial charge in [-0.1, -0.05) is 0 Å². The number of hydrogen-bond donors (Lipinski definition) is 0. The summed E-state index contributed by atoms with van der Waals surface area (Å²) >= 11 is 0. The van der Waals surface area contributed by atoms with Gasteiger partial charge in [0.2, 0.25) is 0 Å². The molecular weight excluding hydrogens is 216 g/mol. The summed E-state index contributed by atoms with van der Waals surface area (Å²) in [7, 11) is 3.45. The van der Waals surface area contributed by atoms with E-state index in [4.69, 9.17) is 5.26 Å². The Morgan fingerprint density at radius 2 is 1.94 bits per heavy atom. The maximum atomic E-state index is 10.9. The quantitative estimate of drug-likeness (QED) is 0.610. The monoisotopic (exact) mass is 240 g/mol. The molecule has 0 aliphatic heterocycles. The van der Waals surface area contributed by atoms with Gasteiger partial charge in [0.05, 0.1) is 18.6 Å². The Morgan fingerprint density at radius 1 is 1.35 bits per heavy atom. The molecule has 0 aliphatic carbocycles. The van der Waals surface area contributed by atoms with Crippen molar-refractivity contribution in [1.82, 2.24) is 4.90 Å². The number of nitrogens with zero attached hydrogens (tertiary/aromatic N) is 2. The molecule has 98 valence electrons. The molecule has 0 amide bonds. The fraction of sp³-hybridized carbons (Fsp3) is 0.846. The van der Waals surface area contributed by atoms with E-state index >= 15 is 0 Å². The lowest BCUT2D eigenvalue weighted by Crippen LogP contribution is -2.23. The molecule has 0 spiro atoms. The first-order valence-corrected chi connectivity index (χ1v) is 6.08. The van der Waals surface area contributed by atoms with Gasteiger partial charge in [0, 0.05) is 6.42 Å². The Kier molecular flexibility index (Phi) is 7.56. The van der Waals surface area contributed by atoms with Crippen molar-refractivity contribution in [3.05, 3.63) is 0 Å². The molecule has 0 unspecified atom stereocenters. The highest BCUT2D eigenvalue weighted by Gasteiger charge is 2.15. The first kappa shape index (κ1) is 15.9. The predicted molar refractivity (Wildman–Crippen MR) is 67.4 cm³/mol. The van der Waals surface area contributed by atoms with Crippen LogP contribution in [0.15, 0.2) is 0 Å². The highest BCUT2D eigenvalue weighted by Crippen LogP contribution is 2.20. The molecule has 4 nitrogen and oxygen atoms in total. The third-order valence-electron chi connectivity index (χ3n) is 2.79. The Balaban J connectivity index is 3.57. The molecule has 0 bridgehead atoms. The zero-order valence-electron chi connectivity index (χ0n) is 11.5. The Bertz CT molecular complexity index is 269. The molecule has 0 aromatic heterocycles. The summed E-state index contributed by atoms with van der Waals surface area (Å²) in [6, 6.07) is 2.30. The standard InChI is InChI=1S/C13H24N2O2/c1-13(2,11-14)8-6-10-15(3)9-5-7-12(16)17-4/h5-10H2,1-4H3. The minimum Gasteiger partial charge on any atom is -0.469 e. The van der Waals surface area contributed by atoms with Gasteiger partial charge in [-0.15, -0.1) is 0 Å². The fourth-order valence-corrected chi connectivity index (χ4v) is 1.55. The average Bonchev–Trinajstić information content (AvgIpc) is 2.28. The van der Waals surface area contributed by atoms with E-state index < -0.39 is 0 Å². The van der Waals surface area contributed by atoms with Crippen LogP contribution < -0.4 is 0 Å². The van der Waals surface area contributed by atoms with Crippen molar-refractivity contribution < 1.29 is 9.53 Å². The largest absolute Gasteiger partial charge is 0.469 e. The molecule has 0 aliphatic rings. The smallest absolute Gasteiger partial charge is 0.305 e. The Morgan fingerprint density at radius 3 is 2.47 bits per heavy atom. The topological polar surface area (TPSA) is 53.3 Å². The molecule has 0 saturated carbocycles. The van der Waals surface area contributed by atoms with Crippen LogP contribution in [0.2, 0.25) is 0 Å². The lowest BCUT2D eigenvalue weighted by molar-refractivity contribution is -0.140. The number of esters is 1. The van der Waals surface area contributed by atoms with Crippen LogP contribution in [0.25, 0.3) is 0 Å². The van der Waals surface area contributed by atoms with Crippen LogP contribution in [0.4, 0.5) is 0 Å². The number of carbonyl (C=O) groups is 1. The van der Waals surface area contributed by atoms with Gasteiger partial charge in [-0.05, 0) is 53.2 Å². The van der Waals surface area contributed by atoms with Gasteiger partial charge in [-0.3, -0.25) is 4.79 Å². The van der Waals surface area contributed by atoms with E-state index in [-0.39, 0.29) is 11.4 Å². The number of methoxy groups -OCH3 is 1. The number of carbonyl (C=O) groups excluding carboxylic acids is 1. The lowest BCUT2D eigenvalue weighted by atomic mass is 9.90. The van der Waals surface area contributed by atoms with Gasteiger partial charge in [0.1, 0.15) is 0 Å². The van der Waals surface area contributed by atoms with Crippen LogP contribution in [-0.4, -0.2) is 38.1 Å². The zero-order valence-corrected chi connectivity index (χ0v) is 11.5. The second kappa shape index (κ2) is 8.08. The van der Waals surface area contributed by atoms with Gasteiger partial charge in [-0.25, -0.2) is 0 Å². The number of ether oxygens (including phenoxy) is 1. The summed E-state index contributed by atoms with van der Waals surface area (Å²) in [5.41, 5.74) is -0.229. The van der Waals surface area contributed by atoms with Crippen molar-refractivity contribution >= 4 is 5.97 Å². The first-order chi connectivity index (χ1) is 7.91. The molecule has 0 aromatic rings. The average molecular weight is 240 g/mol. The highest BCUT2D eigenvalue weighted by molar-refractivity contribution is 5.69. The summed E-state index contributed by atoms with van der Waals surface area (Å²) in [5.74, 6) is -0.149. The summed E-state index contributed by atoms with van der Waals surface area (Å²) in [6.45, 7) is 5.78. The molecule has 0 N–H and O–H groups in total. The van der Waals surface area contributed by atoms with Gasteiger partial charge in [0.15, 0.2) is 0 Å². The van der Waals surface area contributed by atoms with E-state index in [1.807, 2.05) is 20.9 Å². The van der Waals surface area contributed by atoms with Crippen LogP contribution in [0.5, 0.6) is 0 Å². The second-order valence-electron chi connectivity index (χ2n) is 5.08. The van der Waals surface area contributed by atoms with E-state index in [1.165, 1.54) is 7.11 Å². The Hall–Kier alpha value is -1.08. The van der Waals surface area contributed by atoms with Crippen LogP contribution >= 0.6 is 0 Å². The fourth-order valence-electron chi connectivity index (χ4n) is 1.55. The van der Waals surface area contributed by atoms with Crippen molar-refractivity contribution in [3.63, 3.8) is 0 Å². The van der Waals surface area contributed by atoms with Gasteiger partial charge in [0.25, 0.3) is 0 Å². The third-order valence-corrected chi connectivity index (χ3v) is 2.79. The van der Waals surface area contributed by atoms with E-state index in [0.717, 1.165) is 32.4 Å². The minimum atomic E-state index is -0.229. The number of rotatable bonds is 8. The van der Waals surface area contributed by atoms with Crippen molar-refractivity contribution in [2.24, 2.45) is 5.41 Å². The highest BCUT2D eigenvalue weighted by atomic mass is 16.5. The lowest BCUT2D eigenvalue weighted by Gasteiger charge is -2.19. The molecule has 0 saturated heterocycles. The van der Waals surface area contributed by atoms with Crippen LogP contribution in [0, 0.1) is 16.7 Å². The molecule has 0 aromatic carbocycles. The summed E-state index contributed by atoms with van der Waals surface area (Å²) in [5, 5.41) is 8.87. The first-order valence-electron chi connectivity index (χ1n) is 6.08. The van der Waals surface area contributed by atoms with E-state index in [0.29, 0.717) is 6.42 Å². The molecule has 17 heavy (non-hydrogen) atoms. The van der Waals surface area contributed by atoms with E-state index in [2.05, 4.69) is 15.7 Å². The number of nitriles is 1. The minimum absolute atomic E-state index is 0.149. The molecule has 0 atom stereocenters. The molecule has 0 fully saturated rings. The molecule has 4 heteroatoms. The summed E-state index contributed by atoms with van der Waals surface area (Å²) < 4.78 is 4.58. The molecule has 0 heterocycles. The summed E-state index contributed by atoms with van der Waals surface area (Å²) in [6.07, 6.45) is 3.22. The normalized spacial score (nSPS) is 11.3. The third kappa shape index (κ3) is 8.70.